The Kier molecular flexibility index (Phi) is 3.88. The second-order valence-corrected chi connectivity index (χ2v) is 4.93. The SMILES string of the molecule is Fc1ccc(NCc2cc(-c3ccccc3)no2)c(Cl)c1. The largest absolute Gasteiger partial charge is 0.376 e. The van der Waals surface area contributed by atoms with Gasteiger partial charge in [-0.05, 0) is 18.2 Å². The first kappa shape index (κ1) is 13.6. The molecule has 0 amide bonds. The highest BCUT2D eigenvalue weighted by atomic mass is 35.5. The van der Waals surface area contributed by atoms with Gasteiger partial charge in [0.25, 0.3) is 0 Å². The molecule has 3 aromatic rings. The van der Waals surface area contributed by atoms with Crippen molar-refractivity contribution in [2.75, 3.05) is 5.32 Å². The Morgan fingerprint density at radius 3 is 2.67 bits per heavy atom. The molecule has 1 aromatic heterocycles. The van der Waals surface area contributed by atoms with Crippen molar-refractivity contribution in [2.45, 2.75) is 6.54 Å². The Balaban J connectivity index is 1.70. The Morgan fingerprint density at radius 2 is 1.90 bits per heavy atom. The number of anilines is 1. The quantitative estimate of drug-likeness (QED) is 0.756. The number of nitrogens with zero attached hydrogens (tertiary/aromatic N) is 1. The Labute approximate surface area is 126 Å². The smallest absolute Gasteiger partial charge is 0.156 e. The maximum absolute atomic E-state index is 13.0. The lowest BCUT2D eigenvalue weighted by atomic mass is 10.1. The van der Waals surface area contributed by atoms with Gasteiger partial charge in [-0.3, -0.25) is 0 Å². The van der Waals surface area contributed by atoms with E-state index in [0.29, 0.717) is 23.0 Å². The minimum Gasteiger partial charge on any atom is -0.376 e. The Hall–Kier alpha value is -2.33. The van der Waals surface area contributed by atoms with Crippen molar-refractivity contribution in [3.63, 3.8) is 0 Å². The van der Waals surface area contributed by atoms with Crippen molar-refractivity contribution in [2.24, 2.45) is 0 Å². The van der Waals surface area contributed by atoms with Gasteiger partial charge in [0.15, 0.2) is 5.76 Å². The fourth-order valence-corrected chi connectivity index (χ4v) is 2.19. The van der Waals surface area contributed by atoms with E-state index in [2.05, 4.69) is 10.5 Å². The molecule has 0 saturated heterocycles. The number of halogens is 2. The van der Waals surface area contributed by atoms with E-state index in [1.54, 1.807) is 6.07 Å². The van der Waals surface area contributed by atoms with Gasteiger partial charge in [-0.2, -0.15) is 0 Å². The summed E-state index contributed by atoms with van der Waals surface area (Å²) in [5.74, 6) is 0.311. The van der Waals surface area contributed by atoms with Crippen LogP contribution in [-0.4, -0.2) is 5.16 Å². The zero-order valence-electron chi connectivity index (χ0n) is 11.0. The highest BCUT2D eigenvalue weighted by Crippen LogP contribution is 2.24. The summed E-state index contributed by atoms with van der Waals surface area (Å²) in [4.78, 5) is 0. The van der Waals surface area contributed by atoms with Crippen molar-refractivity contribution in [1.29, 1.82) is 0 Å². The average Bonchev–Trinajstić information content (AvgIpc) is 2.96. The van der Waals surface area contributed by atoms with E-state index in [0.717, 1.165) is 11.3 Å². The van der Waals surface area contributed by atoms with Gasteiger partial charge in [0.1, 0.15) is 11.5 Å². The van der Waals surface area contributed by atoms with Crippen molar-refractivity contribution >= 4 is 17.3 Å². The number of hydrogen-bond donors (Lipinski definition) is 1. The van der Waals surface area contributed by atoms with Crippen LogP contribution in [0.5, 0.6) is 0 Å². The van der Waals surface area contributed by atoms with Crippen LogP contribution < -0.4 is 5.32 Å². The van der Waals surface area contributed by atoms with Crippen LogP contribution in [0.1, 0.15) is 5.76 Å². The molecule has 0 unspecified atom stereocenters. The van der Waals surface area contributed by atoms with Crippen molar-refractivity contribution in [3.05, 3.63) is 71.2 Å². The molecule has 3 rings (SSSR count). The van der Waals surface area contributed by atoms with Crippen LogP contribution in [0, 0.1) is 5.82 Å². The summed E-state index contributed by atoms with van der Waals surface area (Å²) in [7, 11) is 0. The van der Waals surface area contributed by atoms with Crippen molar-refractivity contribution in [3.8, 4) is 11.3 Å². The van der Waals surface area contributed by atoms with E-state index in [-0.39, 0.29) is 5.82 Å². The maximum atomic E-state index is 13.0. The van der Waals surface area contributed by atoms with Crippen LogP contribution in [0.2, 0.25) is 5.02 Å². The van der Waals surface area contributed by atoms with Gasteiger partial charge < -0.3 is 9.84 Å². The molecule has 106 valence electrons. The molecule has 2 aromatic carbocycles. The van der Waals surface area contributed by atoms with Gasteiger partial charge in [0.05, 0.1) is 17.3 Å². The molecule has 0 atom stereocenters. The highest BCUT2D eigenvalue weighted by molar-refractivity contribution is 6.33. The first-order valence-electron chi connectivity index (χ1n) is 6.42. The third-order valence-electron chi connectivity index (χ3n) is 3.01. The number of hydrogen-bond acceptors (Lipinski definition) is 3. The van der Waals surface area contributed by atoms with Gasteiger partial charge >= 0.3 is 0 Å². The van der Waals surface area contributed by atoms with E-state index >= 15 is 0 Å². The number of benzene rings is 2. The van der Waals surface area contributed by atoms with Crippen LogP contribution in [0.25, 0.3) is 11.3 Å². The van der Waals surface area contributed by atoms with Crippen LogP contribution in [0.4, 0.5) is 10.1 Å². The topological polar surface area (TPSA) is 38.1 Å². The summed E-state index contributed by atoms with van der Waals surface area (Å²) in [6.07, 6.45) is 0. The molecular weight excluding hydrogens is 291 g/mol. The molecule has 21 heavy (non-hydrogen) atoms. The number of nitrogens with one attached hydrogen (secondary N) is 1. The Bertz CT molecular complexity index is 743. The van der Waals surface area contributed by atoms with Crippen LogP contribution >= 0.6 is 11.6 Å². The first-order chi connectivity index (χ1) is 10.2. The average molecular weight is 303 g/mol. The second-order valence-electron chi connectivity index (χ2n) is 4.52. The molecule has 3 nitrogen and oxygen atoms in total. The molecule has 0 aliphatic rings. The molecule has 0 bridgehead atoms. The van der Waals surface area contributed by atoms with E-state index in [4.69, 9.17) is 16.1 Å². The lowest BCUT2D eigenvalue weighted by Crippen LogP contribution is -1.98. The summed E-state index contributed by atoms with van der Waals surface area (Å²) in [5, 5.41) is 7.45. The predicted octanol–water partition coefficient (Wildman–Crippen LogP) is 4.75. The normalized spacial score (nSPS) is 10.6. The standard InChI is InChI=1S/C16H12ClFN2O/c17-14-8-12(18)6-7-15(14)19-10-13-9-16(20-21-13)11-4-2-1-3-5-11/h1-9,19H,10H2. The summed E-state index contributed by atoms with van der Waals surface area (Å²) in [6.45, 7) is 0.422. The minimum absolute atomic E-state index is 0.331. The van der Waals surface area contributed by atoms with Gasteiger partial charge in [-0.15, -0.1) is 0 Å². The fourth-order valence-electron chi connectivity index (χ4n) is 1.96. The molecule has 0 spiro atoms. The summed E-state index contributed by atoms with van der Waals surface area (Å²) in [5.41, 5.74) is 2.42. The number of aromatic nitrogens is 1. The molecule has 5 heteroatoms. The third kappa shape index (κ3) is 3.23. The molecule has 0 aliphatic heterocycles. The van der Waals surface area contributed by atoms with E-state index in [1.165, 1.54) is 12.1 Å². The van der Waals surface area contributed by atoms with Gasteiger partial charge in [-0.25, -0.2) is 4.39 Å². The Morgan fingerprint density at radius 1 is 1.10 bits per heavy atom. The van der Waals surface area contributed by atoms with E-state index in [9.17, 15) is 4.39 Å². The van der Waals surface area contributed by atoms with E-state index in [1.807, 2.05) is 36.4 Å². The summed E-state index contributed by atoms with van der Waals surface area (Å²) < 4.78 is 18.2. The monoisotopic (exact) mass is 302 g/mol. The van der Waals surface area contributed by atoms with Gasteiger partial charge in [-0.1, -0.05) is 47.1 Å². The zero-order valence-corrected chi connectivity index (χ0v) is 11.8. The van der Waals surface area contributed by atoms with E-state index < -0.39 is 0 Å². The molecular formula is C16H12ClFN2O. The highest BCUT2D eigenvalue weighted by Gasteiger charge is 2.07. The predicted molar refractivity (Wildman–Crippen MR) is 80.7 cm³/mol. The fraction of sp³-hybridized carbons (Fsp3) is 0.0625. The van der Waals surface area contributed by atoms with Gasteiger partial charge in [0.2, 0.25) is 0 Å². The van der Waals surface area contributed by atoms with Crippen molar-refractivity contribution in [1.82, 2.24) is 5.16 Å². The van der Waals surface area contributed by atoms with Crippen LogP contribution in [-0.2, 0) is 6.54 Å². The zero-order chi connectivity index (χ0) is 14.7. The van der Waals surface area contributed by atoms with Crippen LogP contribution in [0.3, 0.4) is 0 Å². The molecule has 0 aliphatic carbocycles. The molecule has 1 heterocycles. The number of rotatable bonds is 4. The molecule has 0 saturated carbocycles. The molecule has 0 radical (unpaired) electrons. The summed E-state index contributed by atoms with van der Waals surface area (Å²) in [6, 6.07) is 15.8. The summed E-state index contributed by atoms with van der Waals surface area (Å²) >= 11 is 5.95. The first-order valence-corrected chi connectivity index (χ1v) is 6.80. The van der Waals surface area contributed by atoms with Crippen molar-refractivity contribution < 1.29 is 8.91 Å². The minimum atomic E-state index is -0.364. The second kappa shape index (κ2) is 5.97. The van der Waals surface area contributed by atoms with Gasteiger partial charge in [0, 0.05) is 11.6 Å². The molecule has 0 fully saturated rings. The van der Waals surface area contributed by atoms with Crippen LogP contribution in [0.15, 0.2) is 59.1 Å². The maximum Gasteiger partial charge on any atom is 0.156 e. The lowest BCUT2D eigenvalue weighted by Gasteiger charge is -2.05. The lowest BCUT2D eigenvalue weighted by molar-refractivity contribution is 0.390. The molecule has 1 N–H and O–H groups in total. The third-order valence-corrected chi connectivity index (χ3v) is 3.33.